The summed E-state index contributed by atoms with van der Waals surface area (Å²) in [6, 6.07) is 12.7. The fraction of sp³-hybridized carbons (Fsp3) is 0.286. The molecule has 6 nitrogen and oxygen atoms in total. The monoisotopic (exact) mass is 425 g/mol. The number of fused-ring (bicyclic) bond motifs is 1. The van der Waals surface area contributed by atoms with Gasteiger partial charge in [-0.2, -0.15) is 0 Å². The molecule has 4 aromatic rings. The summed E-state index contributed by atoms with van der Waals surface area (Å²) in [6.45, 7) is 4.69. The molecule has 2 N–H and O–H groups in total. The van der Waals surface area contributed by atoms with Gasteiger partial charge in [0.05, 0.1) is 5.75 Å². The number of nitrogens with one attached hydrogen (secondary N) is 2. The lowest BCUT2D eigenvalue weighted by atomic mass is 9.96. The van der Waals surface area contributed by atoms with E-state index in [1.165, 1.54) is 27.6 Å². The van der Waals surface area contributed by atoms with Gasteiger partial charge in [-0.1, -0.05) is 36.0 Å². The normalized spacial score (nSPS) is 12.5. The lowest BCUT2D eigenvalue weighted by Gasteiger charge is -2.16. The van der Waals surface area contributed by atoms with Crippen molar-refractivity contribution < 1.29 is 4.79 Å². The van der Waals surface area contributed by atoms with E-state index in [4.69, 9.17) is 0 Å². The van der Waals surface area contributed by atoms with Gasteiger partial charge >= 0.3 is 0 Å². The minimum Gasteiger partial charge on any atom is -0.361 e. The highest BCUT2D eigenvalue weighted by Gasteiger charge is 2.20. The predicted octanol–water partition coefficient (Wildman–Crippen LogP) is 4.44. The molecular weight excluding hydrogens is 402 g/mol. The SMILES string of the molecule is CC(C)n1cnnc1SCC(=O)NCC(c1cccs1)c1c[nH]c2ccccc12. The van der Waals surface area contributed by atoms with Crippen LogP contribution < -0.4 is 5.32 Å². The number of para-hydroxylation sites is 1. The number of aromatic amines is 1. The molecule has 0 aliphatic rings. The maximum Gasteiger partial charge on any atom is 0.230 e. The Hall–Kier alpha value is -2.58. The van der Waals surface area contributed by atoms with Gasteiger partial charge in [-0.05, 0) is 36.9 Å². The molecule has 0 aliphatic heterocycles. The second-order valence-corrected chi connectivity index (χ2v) is 8.99. The molecule has 0 fully saturated rings. The van der Waals surface area contributed by atoms with Gasteiger partial charge < -0.3 is 14.9 Å². The van der Waals surface area contributed by atoms with Crippen molar-refractivity contribution in [3.8, 4) is 0 Å². The Morgan fingerprint density at radius 1 is 1.28 bits per heavy atom. The maximum absolute atomic E-state index is 12.5. The lowest BCUT2D eigenvalue weighted by molar-refractivity contribution is -0.118. The van der Waals surface area contributed by atoms with Crippen LogP contribution in [-0.2, 0) is 4.79 Å². The Balaban J connectivity index is 1.45. The predicted molar refractivity (Wildman–Crippen MR) is 119 cm³/mol. The first-order valence-corrected chi connectivity index (χ1v) is 11.4. The van der Waals surface area contributed by atoms with Gasteiger partial charge in [0.1, 0.15) is 6.33 Å². The zero-order valence-electron chi connectivity index (χ0n) is 16.3. The Bertz CT molecular complexity index is 1080. The van der Waals surface area contributed by atoms with E-state index in [0.29, 0.717) is 12.3 Å². The number of hydrogen-bond donors (Lipinski definition) is 2. The van der Waals surface area contributed by atoms with Crippen LogP contribution in [0.15, 0.2) is 59.5 Å². The van der Waals surface area contributed by atoms with E-state index in [1.807, 2.05) is 16.7 Å². The summed E-state index contributed by atoms with van der Waals surface area (Å²) < 4.78 is 1.97. The van der Waals surface area contributed by atoms with Crippen LogP contribution in [0.25, 0.3) is 10.9 Å². The molecule has 150 valence electrons. The zero-order chi connectivity index (χ0) is 20.2. The summed E-state index contributed by atoms with van der Waals surface area (Å²) in [6.07, 6.45) is 3.76. The standard InChI is InChI=1S/C21H23N5OS2/c1-14(2)26-13-24-25-21(26)29-12-20(27)23-11-17(19-8-5-9-28-19)16-10-22-18-7-4-3-6-15(16)18/h3-10,13-14,17,22H,11-12H2,1-2H3,(H,23,27). The molecule has 0 saturated heterocycles. The molecule has 1 amide bonds. The van der Waals surface area contributed by atoms with Crippen molar-refractivity contribution in [2.75, 3.05) is 12.3 Å². The molecule has 1 unspecified atom stereocenters. The molecule has 1 aromatic carbocycles. The van der Waals surface area contributed by atoms with Crippen molar-refractivity contribution >= 4 is 39.9 Å². The molecule has 8 heteroatoms. The van der Waals surface area contributed by atoms with Crippen molar-refractivity contribution in [3.05, 3.63) is 64.7 Å². The largest absolute Gasteiger partial charge is 0.361 e. The van der Waals surface area contributed by atoms with Crippen molar-refractivity contribution in [1.29, 1.82) is 0 Å². The molecular formula is C21H23N5OS2. The summed E-state index contributed by atoms with van der Waals surface area (Å²) in [5, 5.41) is 15.2. The number of thioether (sulfide) groups is 1. The number of rotatable bonds is 8. The van der Waals surface area contributed by atoms with E-state index in [0.717, 1.165) is 10.7 Å². The first-order valence-electron chi connectivity index (χ1n) is 9.52. The van der Waals surface area contributed by atoms with Crippen LogP contribution in [0, 0.1) is 0 Å². The summed E-state index contributed by atoms with van der Waals surface area (Å²) >= 11 is 3.13. The molecule has 29 heavy (non-hydrogen) atoms. The van der Waals surface area contributed by atoms with Gasteiger partial charge in [0, 0.05) is 40.5 Å². The van der Waals surface area contributed by atoms with E-state index >= 15 is 0 Å². The van der Waals surface area contributed by atoms with E-state index in [-0.39, 0.29) is 17.9 Å². The number of amides is 1. The summed E-state index contributed by atoms with van der Waals surface area (Å²) in [4.78, 5) is 17.1. The number of nitrogens with zero attached hydrogens (tertiary/aromatic N) is 3. The van der Waals surface area contributed by atoms with E-state index in [2.05, 4.69) is 70.2 Å². The molecule has 3 heterocycles. The number of H-pyrrole nitrogens is 1. The van der Waals surface area contributed by atoms with Gasteiger partial charge in [-0.15, -0.1) is 21.5 Å². The smallest absolute Gasteiger partial charge is 0.230 e. The minimum atomic E-state index is -0.00490. The second kappa shape index (κ2) is 8.84. The van der Waals surface area contributed by atoms with Crippen LogP contribution in [-0.4, -0.2) is 38.0 Å². The van der Waals surface area contributed by atoms with Gasteiger partial charge in [-0.3, -0.25) is 4.79 Å². The summed E-state index contributed by atoms with van der Waals surface area (Å²) in [5.41, 5.74) is 2.31. The van der Waals surface area contributed by atoms with Gasteiger partial charge in [-0.25, -0.2) is 0 Å². The van der Waals surface area contributed by atoms with Crippen LogP contribution in [0.4, 0.5) is 0 Å². The van der Waals surface area contributed by atoms with E-state index in [1.54, 1.807) is 17.7 Å². The van der Waals surface area contributed by atoms with Crippen LogP contribution in [0.3, 0.4) is 0 Å². The second-order valence-electron chi connectivity index (χ2n) is 7.06. The third kappa shape index (κ3) is 4.38. The molecule has 0 bridgehead atoms. The molecule has 0 radical (unpaired) electrons. The average Bonchev–Trinajstić information content (AvgIpc) is 3.47. The Morgan fingerprint density at radius 3 is 2.93 bits per heavy atom. The molecule has 3 aromatic heterocycles. The highest BCUT2D eigenvalue weighted by atomic mass is 32.2. The van der Waals surface area contributed by atoms with E-state index in [9.17, 15) is 4.79 Å². The Kier molecular flexibility index (Phi) is 6.01. The number of carbonyl (C=O) groups is 1. The van der Waals surface area contributed by atoms with Gasteiger partial charge in [0.25, 0.3) is 0 Å². The highest BCUT2D eigenvalue weighted by molar-refractivity contribution is 7.99. The molecule has 4 rings (SSSR count). The third-order valence-corrected chi connectivity index (χ3v) is 6.76. The molecule has 0 spiro atoms. The maximum atomic E-state index is 12.5. The van der Waals surface area contributed by atoms with Crippen molar-refractivity contribution in [2.24, 2.45) is 0 Å². The highest BCUT2D eigenvalue weighted by Crippen LogP contribution is 2.32. The third-order valence-electron chi connectivity index (χ3n) is 4.82. The van der Waals surface area contributed by atoms with Crippen molar-refractivity contribution in [1.82, 2.24) is 25.1 Å². The zero-order valence-corrected chi connectivity index (χ0v) is 18.0. The molecule has 0 saturated carbocycles. The molecule has 0 aliphatic carbocycles. The number of benzene rings is 1. The van der Waals surface area contributed by atoms with Crippen LogP contribution in [0.5, 0.6) is 0 Å². The topological polar surface area (TPSA) is 75.6 Å². The first kappa shape index (κ1) is 19.7. The summed E-state index contributed by atoms with van der Waals surface area (Å²) in [7, 11) is 0. The number of thiophene rings is 1. The fourth-order valence-corrected chi connectivity index (χ4v) is 5.04. The number of hydrogen-bond acceptors (Lipinski definition) is 5. The molecule has 1 atom stereocenters. The van der Waals surface area contributed by atoms with Gasteiger partial charge in [0.2, 0.25) is 5.91 Å². The van der Waals surface area contributed by atoms with Crippen molar-refractivity contribution in [3.63, 3.8) is 0 Å². The first-order chi connectivity index (χ1) is 14.1. The minimum absolute atomic E-state index is 0.00490. The Labute approximate surface area is 177 Å². The summed E-state index contributed by atoms with van der Waals surface area (Å²) in [5.74, 6) is 0.422. The Morgan fingerprint density at radius 2 is 2.14 bits per heavy atom. The van der Waals surface area contributed by atoms with Crippen LogP contribution >= 0.6 is 23.1 Å². The van der Waals surface area contributed by atoms with Crippen molar-refractivity contribution in [2.45, 2.75) is 31.0 Å². The van der Waals surface area contributed by atoms with Crippen LogP contribution in [0.2, 0.25) is 0 Å². The number of aromatic nitrogens is 4. The average molecular weight is 426 g/mol. The van der Waals surface area contributed by atoms with Crippen LogP contribution in [0.1, 0.15) is 36.2 Å². The quantitative estimate of drug-likeness (QED) is 0.409. The fourth-order valence-electron chi connectivity index (χ4n) is 3.32. The number of carbonyl (C=O) groups excluding carboxylic acids is 1. The van der Waals surface area contributed by atoms with E-state index < -0.39 is 0 Å². The van der Waals surface area contributed by atoms with Gasteiger partial charge in [0.15, 0.2) is 5.16 Å². The lowest BCUT2D eigenvalue weighted by Crippen LogP contribution is -2.30.